The van der Waals surface area contributed by atoms with Gasteiger partial charge in [-0.1, -0.05) is 55.0 Å². The first-order chi connectivity index (χ1) is 5.62. The second kappa shape index (κ2) is 6.48. The molecule has 0 fully saturated rings. The molecule has 0 bridgehead atoms. The van der Waals surface area contributed by atoms with Gasteiger partial charge in [0.2, 0.25) is 0 Å². The number of nitrogens with zero attached hydrogens (tertiary/aromatic N) is 1. The molecule has 0 amide bonds. The number of halogens is 1. The predicted octanol–water partition coefficient (Wildman–Crippen LogP) is 4.02. The maximum absolute atomic E-state index is 8.70. The zero-order valence-electron chi connectivity index (χ0n) is 8.07. The molecule has 0 aliphatic rings. The van der Waals surface area contributed by atoms with Crippen LogP contribution in [0.25, 0.3) is 0 Å². The summed E-state index contributed by atoms with van der Waals surface area (Å²) < 4.78 is -0.292. The molecule has 0 aromatic rings. The standard InChI is InChI=1S/C10H18BrN/c1-3-4-5-6-7-8-10(2,11)9-12/h3-8H2,1-2H3. The van der Waals surface area contributed by atoms with Crippen molar-refractivity contribution >= 4 is 15.9 Å². The van der Waals surface area contributed by atoms with Crippen LogP contribution in [-0.2, 0) is 0 Å². The molecule has 2 heteroatoms. The first kappa shape index (κ1) is 12.0. The van der Waals surface area contributed by atoms with Crippen molar-refractivity contribution in [3.05, 3.63) is 0 Å². The molecule has 1 nitrogen and oxygen atoms in total. The SMILES string of the molecule is CCCCCCCC(C)(Br)C#N. The normalized spacial score (nSPS) is 15.2. The summed E-state index contributed by atoms with van der Waals surface area (Å²) in [6.07, 6.45) is 7.31. The molecule has 0 saturated carbocycles. The molecular formula is C10H18BrN. The van der Waals surface area contributed by atoms with Crippen LogP contribution >= 0.6 is 15.9 Å². The molecule has 12 heavy (non-hydrogen) atoms. The number of nitriles is 1. The molecule has 1 unspecified atom stereocenters. The quantitative estimate of drug-likeness (QED) is 0.501. The summed E-state index contributed by atoms with van der Waals surface area (Å²) in [4.78, 5) is 0. The van der Waals surface area contributed by atoms with Gasteiger partial charge in [0.1, 0.15) is 4.32 Å². The molecule has 0 saturated heterocycles. The van der Waals surface area contributed by atoms with Crippen molar-refractivity contribution in [2.75, 3.05) is 0 Å². The molecule has 0 radical (unpaired) electrons. The van der Waals surface area contributed by atoms with Gasteiger partial charge in [0.25, 0.3) is 0 Å². The van der Waals surface area contributed by atoms with Gasteiger partial charge in [0.05, 0.1) is 6.07 Å². The maximum Gasteiger partial charge on any atom is 0.109 e. The van der Waals surface area contributed by atoms with Crippen LogP contribution in [0.4, 0.5) is 0 Å². The van der Waals surface area contributed by atoms with E-state index in [1.165, 1.54) is 25.7 Å². The van der Waals surface area contributed by atoms with E-state index in [-0.39, 0.29) is 4.32 Å². The summed E-state index contributed by atoms with van der Waals surface area (Å²) in [5.41, 5.74) is 0. The smallest absolute Gasteiger partial charge is 0.109 e. The topological polar surface area (TPSA) is 23.8 Å². The van der Waals surface area contributed by atoms with Crippen LogP contribution in [0.15, 0.2) is 0 Å². The highest BCUT2D eigenvalue weighted by atomic mass is 79.9. The van der Waals surface area contributed by atoms with E-state index in [4.69, 9.17) is 5.26 Å². The zero-order chi connectivity index (χ0) is 9.45. The second-order valence-corrected chi connectivity index (χ2v) is 5.22. The van der Waals surface area contributed by atoms with Crippen molar-refractivity contribution in [2.45, 2.75) is 56.7 Å². The molecule has 0 aromatic carbocycles. The lowest BCUT2D eigenvalue weighted by Crippen LogP contribution is -2.11. The van der Waals surface area contributed by atoms with Crippen LogP contribution in [0.5, 0.6) is 0 Å². The van der Waals surface area contributed by atoms with Gasteiger partial charge in [-0.15, -0.1) is 0 Å². The Kier molecular flexibility index (Phi) is 6.47. The summed E-state index contributed by atoms with van der Waals surface area (Å²) in [5, 5.41) is 8.70. The Hall–Kier alpha value is -0.0300. The Morgan fingerprint density at radius 2 is 1.83 bits per heavy atom. The van der Waals surface area contributed by atoms with Crippen LogP contribution in [0.1, 0.15) is 52.4 Å². The van der Waals surface area contributed by atoms with Gasteiger partial charge in [-0.05, 0) is 13.3 Å². The third kappa shape index (κ3) is 6.67. The van der Waals surface area contributed by atoms with Gasteiger partial charge in [0, 0.05) is 0 Å². The molecule has 0 spiro atoms. The molecule has 0 aliphatic heterocycles. The molecule has 0 rings (SSSR count). The Labute approximate surface area is 84.3 Å². The fourth-order valence-electron chi connectivity index (χ4n) is 1.12. The Balaban J connectivity index is 3.27. The van der Waals surface area contributed by atoms with E-state index in [1.54, 1.807) is 0 Å². The summed E-state index contributed by atoms with van der Waals surface area (Å²) >= 11 is 3.39. The third-order valence-electron chi connectivity index (χ3n) is 1.98. The van der Waals surface area contributed by atoms with Crippen LogP contribution in [0, 0.1) is 11.3 Å². The van der Waals surface area contributed by atoms with Crippen LogP contribution in [-0.4, -0.2) is 4.32 Å². The summed E-state index contributed by atoms with van der Waals surface area (Å²) in [6.45, 7) is 4.15. The van der Waals surface area contributed by atoms with E-state index in [0.717, 1.165) is 12.8 Å². The molecule has 0 aliphatic carbocycles. The molecule has 0 heterocycles. The van der Waals surface area contributed by atoms with E-state index < -0.39 is 0 Å². The van der Waals surface area contributed by atoms with E-state index in [2.05, 4.69) is 28.9 Å². The van der Waals surface area contributed by atoms with Gasteiger partial charge in [0.15, 0.2) is 0 Å². The first-order valence-corrected chi connectivity index (χ1v) is 5.52. The minimum Gasteiger partial charge on any atom is -0.197 e. The average molecular weight is 232 g/mol. The number of hydrogen-bond acceptors (Lipinski definition) is 1. The maximum atomic E-state index is 8.70. The second-order valence-electron chi connectivity index (χ2n) is 3.47. The van der Waals surface area contributed by atoms with Gasteiger partial charge in [-0.25, -0.2) is 0 Å². The van der Waals surface area contributed by atoms with Gasteiger partial charge >= 0.3 is 0 Å². The highest BCUT2D eigenvalue weighted by molar-refractivity contribution is 9.10. The number of alkyl halides is 1. The lowest BCUT2D eigenvalue weighted by Gasteiger charge is -2.11. The molecule has 0 aromatic heterocycles. The molecule has 1 atom stereocenters. The van der Waals surface area contributed by atoms with E-state index in [9.17, 15) is 0 Å². The fraction of sp³-hybridized carbons (Fsp3) is 0.900. The lowest BCUT2D eigenvalue weighted by molar-refractivity contribution is 0.582. The van der Waals surface area contributed by atoms with E-state index >= 15 is 0 Å². The van der Waals surface area contributed by atoms with Crippen molar-refractivity contribution in [3.63, 3.8) is 0 Å². The Morgan fingerprint density at radius 1 is 1.25 bits per heavy atom. The zero-order valence-corrected chi connectivity index (χ0v) is 9.65. The number of unbranched alkanes of at least 4 members (excludes halogenated alkanes) is 4. The molecular weight excluding hydrogens is 214 g/mol. The predicted molar refractivity (Wildman–Crippen MR) is 56.3 cm³/mol. The number of hydrogen-bond donors (Lipinski definition) is 0. The monoisotopic (exact) mass is 231 g/mol. The van der Waals surface area contributed by atoms with Crippen molar-refractivity contribution < 1.29 is 0 Å². The van der Waals surface area contributed by atoms with Crippen LogP contribution < -0.4 is 0 Å². The van der Waals surface area contributed by atoms with Gasteiger partial charge in [-0.3, -0.25) is 0 Å². The highest BCUT2D eigenvalue weighted by Crippen LogP contribution is 2.23. The Bertz CT molecular complexity index is 146. The van der Waals surface area contributed by atoms with Crippen molar-refractivity contribution in [2.24, 2.45) is 0 Å². The van der Waals surface area contributed by atoms with Crippen molar-refractivity contribution in [1.29, 1.82) is 5.26 Å². The van der Waals surface area contributed by atoms with Gasteiger partial charge < -0.3 is 0 Å². The molecule has 70 valence electrons. The van der Waals surface area contributed by atoms with Gasteiger partial charge in [-0.2, -0.15) is 5.26 Å². The van der Waals surface area contributed by atoms with E-state index in [0.29, 0.717) is 0 Å². The van der Waals surface area contributed by atoms with Crippen molar-refractivity contribution in [3.8, 4) is 6.07 Å². The highest BCUT2D eigenvalue weighted by Gasteiger charge is 2.17. The summed E-state index contributed by atoms with van der Waals surface area (Å²) in [7, 11) is 0. The largest absolute Gasteiger partial charge is 0.197 e. The minimum absolute atomic E-state index is 0.292. The van der Waals surface area contributed by atoms with Crippen molar-refractivity contribution in [1.82, 2.24) is 0 Å². The summed E-state index contributed by atoms with van der Waals surface area (Å²) in [6, 6.07) is 2.25. The third-order valence-corrected chi connectivity index (χ3v) is 2.56. The van der Waals surface area contributed by atoms with Crippen LogP contribution in [0.2, 0.25) is 0 Å². The number of rotatable bonds is 6. The van der Waals surface area contributed by atoms with E-state index in [1.807, 2.05) is 6.92 Å². The minimum atomic E-state index is -0.292. The first-order valence-electron chi connectivity index (χ1n) is 4.72. The summed E-state index contributed by atoms with van der Waals surface area (Å²) in [5.74, 6) is 0. The fourth-order valence-corrected chi connectivity index (χ4v) is 1.40. The van der Waals surface area contributed by atoms with Crippen LogP contribution in [0.3, 0.4) is 0 Å². The molecule has 0 N–H and O–H groups in total. The Morgan fingerprint density at radius 3 is 2.33 bits per heavy atom. The lowest BCUT2D eigenvalue weighted by atomic mass is 10.0. The average Bonchev–Trinajstić information content (AvgIpc) is 2.04.